The lowest BCUT2D eigenvalue weighted by Crippen LogP contribution is -2.30. The van der Waals surface area contributed by atoms with Crippen molar-refractivity contribution in [3.8, 4) is 0 Å². The van der Waals surface area contributed by atoms with Crippen molar-refractivity contribution in [2.45, 2.75) is 19.4 Å². The Morgan fingerprint density at radius 1 is 1.04 bits per heavy atom. The molecule has 3 rings (SSSR count). The lowest BCUT2D eigenvalue weighted by Gasteiger charge is -2.15. The molecule has 0 bridgehead atoms. The normalized spacial score (nSPS) is 17.2. The van der Waals surface area contributed by atoms with Crippen molar-refractivity contribution in [3.05, 3.63) is 75.6 Å². The Balaban J connectivity index is 1.68. The summed E-state index contributed by atoms with van der Waals surface area (Å²) < 4.78 is 13.0. The summed E-state index contributed by atoms with van der Waals surface area (Å²) in [5.41, 5.74) is 1.40. The number of nitro benzene ring substituents is 1. The highest BCUT2D eigenvalue weighted by Crippen LogP contribution is 2.26. The number of nitro groups is 1. The van der Waals surface area contributed by atoms with Crippen molar-refractivity contribution in [1.29, 1.82) is 0 Å². The topological polar surface area (TPSA) is 80.5 Å². The molecule has 2 aromatic rings. The van der Waals surface area contributed by atoms with Crippen molar-refractivity contribution >= 4 is 17.5 Å². The highest BCUT2D eigenvalue weighted by molar-refractivity contribution is 6.03. The predicted molar refractivity (Wildman–Crippen MR) is 86.9 cm³/mol. The number of carbonyl (C=O) groups excluding carboxylic acids is 2. The van der Waals surface area contributed by atoms with E-state index in [0.717, 1.165) is 5.56 Å². The van der Waals surface area contributed by atoms with Crippen molar-refractivity contribution in [2.24, 2.45) is 5.92 Å². The van der Waals surface area contributed by atoms with Gasteiger partial charge >= 0.3 is 0 Å². The molecule has 0 spiro atoms. The molecule has 2 amide bonds. The van der Waals surface area contributed by atoms with Crippen LogP contribution in [0.25, 0.3) is 0 Å². The maximum atomic E-state index is 13.0. The second kappa shape index (κ2) is 6.80. The molecule has 0 aromatic heterocycles. The second-order valence-corrected chi connectivity index (χ2v) is 5.97. The lowest BCUT2D eigenvalue weighted by molar-refractivity contribution is -0.384. The number of likely N-dealkylation sites (tertiary alicyclic amines) is 1. The highest BCUT2D eigenvalue weighted by atomic mass is 19.1. The van der Waals surface area contributed by atoms with Gasteiger partial charge in [-0.2, -0.15) is 0 Å². The van der Waals surface area contributed by atoms with Crippen LogP contribution in [0.3, 0.4) is 0 Å². The van der Waals surface area contributed by atoms with Crippen LogP contribution in [0, 0.1) is 21.8 Å². The van der Waals surface area contributed by atoms with E-state index in [2.05, 4.69) is 0 Å². The molecule has 1 fully saturated rings. The molecular weight excluding hydrogens is 327 g/mol. The molecule has 0 unspecified atom stereocenters. The molecule has 0 aliphatic carbocycles. The molecule has 6 nitrogen and oxygen atoms in total. The highest BCUT2D eigenvalue weighted by Gasteiger charge is 2.38. The predicted octanol–water partition coefficient (Wildman–Crippen LogP) is 2.85. The minimum atomic E-state index is -0.505. The van der Waals surface area contributed by atoms with E-state index in [1.54, 1.807) is 12.1 Å². The molecule has 7 heteroatoms. The second-order valence-electron chi connectivity index (χ2n) is 5.97. The number of benzene rings is 2. The fraction of sp³-hybridized carbons (Fsp3) is 0.222. The number of carbonyl (C=O) groups is 2. The summed E-state index contributed by atoms with van der Waals surface area (Å²) in [4.78, 5) is 36.0. The van der Waals surface area contributed by atoms with Gasteiger partial charge in [0.2, 0.25) is 11.8 Å². The van der Waals surface area contributed by atoms with E-state index in [-0.39, 0.29) is 36.3 Å². The first-order valence-electron chi connectivity index (χ1n) is 7.76. The van der Waals surface area contributed by atoms with Crippen molar-refractivity contribution in [2.75, 3.05) is 0 Å². The van der Waals surface area contributed by atoms with Crippen LogP contribution in [0.1, 0.15) is 17.5 Å². The molecule has 128 valence electrons. The number of nitrogens with zero attached hydrogens (tertiary/aromatic N) is 2. The number of amides is 2. The van der Waals surface area contributed by atoms with Crippen LogP contribution in [0.15, 0.2) is 48.5 Å². The summed E-state index contributed by atoms with van der Waals surface area (Å²) in [5.74, 6) is -1.35. The number of rotatable bonds is 5. The zero-order chi connectivity index (χ0) is 18.0. The van der Waals surface area contributed by atoms with Gasteiger partial charge in [-0.05, 0) is 29.7 Å². The van der Waals surface area contributed by atoms with Crippen LogP contribution in [0.5, 0.6) is 0 Å². The summed E-state index contributed by atoms with van der Waals surface area (Å²) in [6.45, 7) is 0.0928. The van der Waals surface area contributed by atoms with E-state index in [1.807, 2.05) is 0 Å². The monoisotopic (exact) mass is 342 g/mol. The van der Waals surface area contributed by atoms with Crippen molar-refractivity contribution in [1.82, 2.24) is 4.90 Å². The van der Waals surface area contributed by atoms with Gasteiger partial charge in [0.1, 0.15) is 5.82 Å². The Morgan fingerprint density at radius 3 is 2.24 bits per heavy atom. The van der Waals surface area contributed by atoms with Gasteiger partial charge in [0.05, 0.1) is 17.4 Å². The first kappa shape index (κ1) is 16.8. The largest absolute Gasteiger partial charge is 0.278 e. The van der Waals surface area contributed by atoms with Gasteiger partial charge < -0.3 is 0 Å². The Kier molecular flexibility index (Phi) is 4.56. The minimum Gasteiger partial charge on any atom is -0.278 e. The zero-order valence-corrected chi connectivity index (χ0v) is 13.2. The number of non-ortho nitro benzene ring substituents is 1. The van der Waals surface area contributed by atoms with E-state index in [0.29, 0.717) is 12.0 Å². The number of hydrogen-bond donors (Lipinski definition) is 0. The van der Waals surface area contributed by atoms with Gasteiger partial charge in [0, 0.05) is 18.6 Å². The van der Waals surface area contributed by atoms with E-state index in [4.69, 9.17) is 0 Å². The van der Waals surface area contributed by atoms with E-state index in [9.17, 15) is 24.1 Å². The Labute approximate surface area is 143 Å². The molecule has 1 heterocycles. The van der Waals surface area contributed by atoms with Gasteiger partial charge in [-0.3, -0.25) is 24.6 Å². The third kappa shape index (κ3) is 3.71. The third-order valence-corrected chi connectivity index (χ3v) is 4.22. The van der Waals surface area contributed by atoms with Gasteiger partial charge in [0.15, 0.2) is 0 Å². The molecule has 2 aromatic carbocycles. The SMILES string of the molecule is O=C1C[C@H](Cc2ccc(F)cc2)C(=O)N1Cc1ccc([N+](=O)[O-])cc1. The first-order chi connectivity index (χ1) is 11.9. The smallest absolute Gasteiger partial charge is 0.269 e. The van der Waals surface area contributed by atoms with Gasteiger partial charge in [-0.25, -0.2) is 4.39 Å². The molecule has 25 heavy (non-hydrogen) atoms. The summed E-state index contributed by atoms with van der Waals surface area (Å²) in [5, 5.41) is 10.7. The number of hydrogen-bond acceptors (Lipinski definition) is 4. The van der Waals surface area contributed by atoms with E-state index >= 15 is 0 Å². The molecule has 1 aliphatic heterocycles. The average Bonchev–Trinajstić information content (AvgIpc) is 2.85. The average molecular weight is 342 g/mol. The number of imide groups is 1. The summed E-state index contributed by atoms with van der Waals surface area (Å²) in [6, 6.07) is 11.6. The quantitative estimate of drug-likeness (QED) is 0.475. The van der Waals surface area contributed by atoms with Gasteiger partial charge in [-0.15, -0.1) is 0 Å². The van der Waals surface area contributed by atoms with Crippen molar-refractivity contribution < 1.29 is 18.9 Å². The maximum absolute atomic E-state index is 13.0. The lowest BCUT2D eigenvalue weighted by atomic mass is 9.98. The Bertz CT molecular complexity index is 818. The van der Waals surface area contributed by atoms with Crippen LogP contribution in [0.2, 0.25) is 0 Å². The summed E-state index contributed by atoms with van der Waals surface area (Å²) in [6.07, 6.45) is 0.491. The molecule has 0 saturated carbocycles. The van der Waals surface area contributed by atoms with Crippen LogP contribution in [-0.4, -0.2) is 21.6 Å². The molecule has 0 N–H and O–H groups in total. The molecular formula is C18H15FN2O4. The maximum Gasteiger partial charge on any atom is 0.269 e. The van der Waals surface area contributed by atoms with E-state index in [1.165, 1.54) is 41.3 Å². The first-order valence-corrected chi connectivity index (χ1v) is 7.76. The summed E-state index contributed by atoms with van der Waals surface area (Å²) >= 11 is 0. The fourth-order valence-corrected chi connectivity index (χ4v) is 2.89. The van der Waals surface area contributed by atoms with Crippen LogP contribution in [0.4, 0.5) is 10.1 Å². The molecule has 1 saturated heterocycles. The third-order valence-electron chi connectivity index (χ3n) is 4.22. The van der Waals surface area contributed by atoms with Crippen molar-refractivity contribution in [3.63, 3.8) is 0 Å². The Morgan fingerprint density at radius 2 is 1.64 bits per heavy atom. The molecule has 1 aliphatic rings. The van der Waals surface area contributed by atoms with Crippen LogP contribution < -0.4 is 0 Å². The van der Waals surface area contributed by atoms with Crippen LogP contribution >= 0.6 is 0 Å². The van der Waals surface area contributed by atoms with Gasteiger partial charge in [-0.1, -0.05) is 24.3 Å². The number of halogens is 1. The van der Waals surface area contributed by atoms with Gasteiger partial charge in [0.25, 0.3) is 5.69 Å². The van der Waals surface area contributed by atoms with Crippen LogP contribution in [-0.2, 0) is 22.6 Å². The van der Waals surface area contributed by atoms with E-state index < -0.39 is 10.8 Å². The summed E-state index contributed by atoms with van der Waals surface area (Å²) in [7, 11) is 0. The fourth-order valence-electron chi connectivity index (χ4n) is 2.89. The molecule has 0 radical (unpaired) electrons. The Hall–Kier alpha value is -3.09. The minimum absolute atomic E-state index is 0.0444. The zero-order valence-electron chi connectivity index (χ0n) is 13.2. The standard InChI is InChI=1S/C18H15FN2O4/c19-15-5-1-12(2-6-15)9-14-10-17(22)20(18(14)23)11-13-3-7-16(8-4-13)21(24)25/h1-8,14H,9-11H2/t14-/m0/s1. The molecule has 1 atom stereocenters.